The molecule has 0 saturated carbocycles. The largest absolute Gasteiger partial charge is 0.506 e. The Morgan fingerprint density at radius 1 is 1.15 bits per heavy atom. The molecule has 3 aromatic rings. The van der Waals surface area contributed by atoms with E-state index in [1.54, 1.807) is 31.4 Å². The molecule has 1 aliphatic carbocycles. The SMILES string of the molecule is COC(=O)c1c(O)c2c(n(Cc3ccc(OC)cc3OC)c1=O)-c1ccc(Cl)cc1CC2C. The Labute approximate surface area is 196 Å². The fourth-order valence-electron chi connectivity index (χ4n) is 4.47. The van der Waals surface area contributed by atoms with Gasteiger partial charge in [-0.25, -0.2) is 4.79 Å². The van der Waals surface area contributed by atoms with Crippen molar-refractivity contribution in [3.63, 3.8) is 0 Å². The van der Waals surface area contributed by atoms with Crippen molar-refractivity contribution in [2.45, 2.75) is 25.8 Å². The Morgan fingerprint density at radius 3 is 2.58 bits per heavy atom. The summed E-state index contributed by atoms with van der Waals surface area (Å²) in [7, 11) is 4.27. The number of ether oxygens (including phenoxy) is 3. The minimum absolute atomic E-state index is 0.105. The van der Waals surface area contributed by atoms with E-state index in [4.69, 9.17) is 25.8 Å². The van der Waals surface area contributed by atoms with Crippen LogP contribution in [0.1, 0.15) is 39.9 Å². The van der Waals surface area contributed by atoms with Gasteiger partial charge in [-0.1, -0.05) is 24.6 Å². The molecule has 0 amide bonds. The third-order valence-electron chi connectivity index (χ3n) is 6.03. The Bertz CT molecular complexity index is 1310. The van der Waals surface area contributed by atoms with E-state index in [9.17, 15) is 14.7 Å². The van der Waals surface area contributed by atoms with Crippen molar-refractivity contribution in [1.29, 1.82) is 0 Å². The number of halogens is 1. The van der Waals surface area contributed by atoms with Crippen LogP contribution in [-0.4, -0.2) is 37.0 Å². The van der Waals surface area contributed by atoms with Crippen LogP contribution in [0.15, 0.2) is 41.2 Å². The van der Waals surface area contributed by atoms with Gasteiger partial charge in [-0.3, -0.25) is 4.79 Å². The number of hydrogen-bond acceptors (Lipinski definition) is 6. The molecule has 0 spiro atoms. The lowest BCUT2D eigenvalue weighted by molar-refractivity contribution is 0.0594. The van der Waals surface area contributed by atoms with Gasteiger partial charge in [-0.05, 0) is 42.2 Å². The van der Waals surface area contributed by atoms with Crippen molar-refractivity contribution in [1.82, 2.24) is 4.57 Å². The van der Waals surface area contributed by atoms with Crippen LogP contribution in [0.5, 0.6) is 17.2 Å². The van der Waals surface area contributed by atoms with Crippen LogP contribution in [0.25, 0.3) is 11.3 Å². The Balaban J connectivity index is 2.05. The summed E-state index contributed by atoms with van der Waals surface area (Å²) >= 11 is 6.23. The smallest absolute Gasteiger partial charge is 0.347 e. The number of carbonyl (C=O) groups excluding carboxylic acids is 1. The summed E-state index contributed by atoms with van der Waals surface area (Å²) in [6, 6.07) is 10.7. The van der Waals surface area contributed by atoms with E-state index in [1.165, 1.54) is 18.8 Å². The molecule has 1 atom stereocenters. The maximum absolute atomic E-state index is 13.6. The van der Waals surface area contributed by atoms with Crippen LogP contribution in [0, 0.1) is 0 Å². The molecule has 33 heavy (non-hydrogen) atoms. The molecular formula is C25H24ClNO6. The van der Waals surface area contributed by atoms with Crippen LogP contribution in [0.3, 0.4) is 0 Å². The highest BCUT2D eigenvalue weighted by molar-refractivity contribution is 6.30. The zero-order chi connectivity index (χ0) is 23.9. The number of fused-ring (bicyclic) bond motifs is 3. The van der Waals surface area contributed by atoms with Crippen LogP contribution >= 0.6 is 11.6 Å². The number of benzene rings is 2. The standard InChI is InChI=1S/C25H24ClNO6/c1-13-9-15-10-16(26)6-8-18(15)22-20(13)23(28)21(25(30)33-4)24(29)27(22)12-14-5-7-17(31-2)11-19(14)32-3/h5-8,10-11,13,28H,9,12H2,1-4H3. The molecule has 4 rings (SSSR count). The van der Waals surface area contributed by atoms with E-state index in [2.05, 4.69) is 0 Å². The lowest BCUT2D eigenvalue weighted by Gasteiger charge is -2.30. The average Bonchev–Trinajstić information content (AvgIpc) is 2.80. The molecule has 1 unspecified atom stereocenters. The van der Waals surface area contributed by atoms with E-state index in [0.29, 0.717) is 39.8 Å². The first-order chi connectivity index (χ1) is 15.8. The van der Waals surface area contributed by atoms with Gasteiger partial charge >= 0.3 is 5.97 Å². The second-order valence-corrected chi connectivity index (χ2v) is 8.39. The Hall–Kier alpha value is -3.45. The minimum atomic E-state index is -0.884. The zero-order valence-electron chi connectivity index (χ0n) is 18.8. The zero-order valence-corrected chi connectivity index (χ0v) is 19.5. The lowest BCUT2D eigenvalue weighted by Crippen LogP contribution is -2.32. The maximum atomic E-state index is 13.6. The lowest BCUT2D eigenvalue weighted by atomic mass is 9.80. The maximum Gasteiger partial charge on any atom is 0.347 e. The third-order valence-corrected chi connectivity index (χ3v) is 6.26. The van der Waals surface area contributed by atoms with Crippen LogP contribution < -0.4 is 15.0 Å². The molecule has 0 saturated heterocycles. The predicted molar refractivity (Wildman–Crippen MR) is 125 cm³/mol. The molecule has 1 N–H and O–H groups in total. The number of aromatic nitrogens is 1. The monoisotopic (exact) mass is 469 g/mol. The average molecular weight is 470 g/mol. The van der Waals surface area contributed by atoms with Crippen molar-refractivity contribution >= 4 is 17.6 Å². The first-order valence-corrected chi connectivity index (χ1v) is 10.8. The summed E-state index contributed by atoms with van der Waals surface area (Å²) in [5, 5.41) is 11.6. The summed E-state index contributed by atoms with van der Waals surface area (Å²) in [6.07, 6.45) is 0.598. The van der Waals surface area contributed by atoms with Gasteiger partial charge in [0.2, 0.25) is 0 Å². The van der Waals surface area contributed by atoms with E-state index in [1.807, 2.05) is 19.1 Å². The third kappa shape index (κ3) is 3.82. The molecule has 8 heteroatoms. The van der Waals surface area contributed by atoms with Crippen molar-refractivity contribution in [2.24, 2.45) is 0 Å². The van der Waals surface area contributed by atoms with Crippen molar-refractivity contribution in [3.8, 4) is 28.5 Å². The van der Waals surface area contributed by atoms with Gasteiger partial charge < -0.3 is 23.9 Å². The molecule has 7 nitrogen and oxygen atoms in total. The fraction of sp³-hybridized carbons (Fsp3) is 0.280. The summed E-state index contributed by atoms with van der Waals surface area (Å²) in [5.41, 5.74) is 2.49. The fourth-order valence-corrected chi connectivity index (χ4v) is 4.67. The number of methoxy groups -OCH3 is 3. The van der Waals surface area contributed by atoms with E-state index in [-0.39, 0.29) is 23.8 Å². The molecular weight excluding hydrogens is 446 g/mol. The number of rotatable bonds is 5. The molecule has 1 aliphatic rings. The second-order valence-electron chi connectivity index (χ2n) is 7.95. The summed E-state index contributed by atoms with van der Waals surface area (Å²) in [6.45, 7) is 2.04. The van der Waals surface area contributed by atoms with Gasteiger partial charge in [-0.15, -0.1) is 0 Å². The number of carbonyl (C=O) groups is 1. The molecule has 2 aromatic carbocycles. The summed E-state index contributed by atoms with van der Waals surface area (Å²) < 4.78 is 17.1. The summed E-state index contributed by atoms with van der Waals surface area (Å²) in [4.78, 5) is 26.1. The van der Waals surface area contributed by atoms with Gasteiger partial charge in [0.15, 0.2) is 5.56 Å². The normalized spacial score (nSPS) is 14.3. The topological polar surface area (TPSA) is 87.0 Å². The van der Waals surface area contributed by atoms with Gasteiger partial charge in [-0.2, -0.15) is 0 Å². The highest BCUT2D eigenvalue weighted by Gasteiger charge is 2.33. The van der Waals surface area contributed by atoms with Gasteiger partial charge in [0.25, 0.3) is 5.56 Å². The quantitative estimate of drug-likeness (QED) is 0.558. The number of esters is 1. The molecule has 172 valence electrons. The van der Waals surface area contributed by atoms with Crippen molar-refractivity contribution < 1.29 is 24.1 Å². The number of pyridine rings is 1. The first-order valence-electron chi connectivity index (χ1n) is 10.4. The van der Waals surface area contributed by atoms with Crippen LogP contribution in [0.2, 0.25) is 5.02 Å². The van der Waals surface area contributed by atoms with E-state index < -0.39 is 11.5 Å². The molecule has 0 fully saturated rings. The summed E-state index contributed by atoms with van der Waals surface area (Å²) in [5.74, 6) is -0.251. The van der Waals surface area contributed by atoms with Crippen LogP contribution in [-0.2, 0) is 17.7 Å². The van der Waals surface area contributed by atoms with E-state index in [0.717, 1.165) is 11.1 Å². The Morgan fingerprint density at radius 2 is 1.91 bits per heavy atom. The minimum Gasteiger partial charge on any atom is -0.506 e. The van der Waals surface area contributed by atoms with Gasteiger partial charge in [0.1, 0.15) is 17.2 Å². The molecule has 1 heterocycles. The van der Waals surface area contributed by atoms with E-state index >= 15 is 0 Å². The van der Waals surface area contributed by atoms with Crippen molar-refractivity contribution in [3.05, 3.63) is 74.0 Å². The van der Waals surface area contributed by atoms with Gasteiger partial charge in [0, 0.05) is 27.8 Å². The molecule has 0 aliphatic heterocycles. The predicted octanol–water partition coefficient (Wildman–Crippen LogP) is 4.39. The van der Waals surface area contributed by atoms with Gasteiger partial charge in [0.05, 0.1) is 33.6 Å². The van der Waals surface area contributed by atoms with Crippen molar-refractivity contribution in [2.75, 3.05) is 21.3 Å². The Kier molecular flexibility index (Phi) is 6.08. The molecule has 1 aromatic heterocycles. The highest BCUT2D eigenvalue weighted by Crippen LogP contribution is 2.45. The number of aromatic hydroxyl groups is 1. The van der Waals surface area contributed by atoms with Crippen LogP contribution in [0.4, 0.5) is 0 Å². The molecule has 0 radical (unpaired) electrons. The second kappa shape index (κ2) is 8.83. The molecule has 0 bridgehead atoms. The number of nitrogens with zero attached hydrogens (tertiary/aromatic N) is 1. The first kappa shape index (κ1) is 22.7. The highest BCUT2D eigenvalue weighted by atomic mass is 35.5. The number of hydrogen-bond donors (Lipinski definition) is 1.